The summed E-state index contributed by atoms with van der Waals surface area (Å²) in [6, 6.07) is 0. The van der Waals surface area contributed by atoms with Crippen molar-refractivity contribution in [3.05, 3.63) is 12.2 Å². The minimum atomic E-state index is -0.704. The van der Waals surface area contributed by atoms with Crippen molar-refractivity contribution in [3.8, 4) is 0 Å². The van der Waals surface area contributed by atoms with E-state index in [-0.39, 0.29) is 12.4 Å². The van der Waals surface area contributed by atoms with E-state index in [1.807, 2.05) is 19.1 Å². The van der Waals surface area contributed by atoms with Crippen LogP contribution in [0.4, 0.5) is 0 Å². The van der Waals surface area contributed by atoms with Gasteiger partial charge in [0, 0.05) is 12.8 Å². The number of hydrogen-bond acceptors (Lipinski definition) is 3. The summed E-state index contributed by atoms with van der Waals surface area (Å²) in [4.78, 5) is 11.3. The number of fused-ring (bicyclic) bond motifs is 2. The fourth-order valence-electron chi connectivity index (χ4n) is 1.98. The molecule has 0 aromatic carbocycles. The van der Waals surface area contributed by atoms with Gasteiger partial charge in [0.05, 0.1) is 12.2 Å². The molecule has 1 saturated heterocycles. The fraction of sp³-hybridized carbons (Fsp3) is 0.667. The second-order valence-electron chi connectivity index (χ2n) is 3.86. The summed E-state index contributed by atoms with van der Waals surface area (Å²) in [5.41, 5.74) is -1.16. The van der Waals surface area contributed by atoms with Crippen LogP contribution in [0.5, 0.6) is 0 Å². The van der Waals surface area contributed by atoms with Gasteiger partial charge in [0.25, 0.3) is 0 Å². The average molecular weight is 168 g/mol. The summed E-state index contributed by atoms with van der Waals surface area (Å²) in [5, 5.41) is 9.07. The van der Waals surface area contributed by atoms with E-state index in [2.05, 4.69) is 0 Å². The molecule has 0 aromatic heterocycles. The van der Waals surface area contributed by atoms with E-state index < -0.39 is 11.2 Å². The maximum atomic E-state index is 11.3. The highest BCUT2D eigenvalue weighted by Crippen LogP contribution is 2.40. The lowest BCUT2D eigenvalue weighted by Gasteiger charge is -2.36. The third-order valence-electron chi connectivity index (χ3n) is 2.49. The molecule has 3 heteroatoms. The van der Waals surface area contributed by atoms with Gasteiger partial charge in [-0.25, -0.2) is 0 Å². The van der Waals surface area contributed by atoms with Gasteiger partial charge >= 0.3 is 0 Å². The molecule has 2 rings (SSSR count). The lowest BCUT2D eigenvalue weighted by Crippen LogP contribution is -2.45. The Morgan fingerprint density at radius 3 is 3.00 bits per heavy atom. The first-order valence-electron chi connectivity index (χ1n) is 4.11. The van der Waals surface area contributed by atoms with Crippen molar-refractivity contribution >= 4 is 5.78 Å². The molecule has 66 valence electrons. The number of carbonyl (C=O) groups excluding carboxylic acids is 1. The molecule has 1 N–H and O–H groups in total. The van der Waals surface area contributed by atoms with E-state index in [1.54, 1.807) is 0 Å². The first kappa shape index (κ1) is 7.95. The van der Waals surface area contributed by atoms with E-state index in [0.717, 1.165) is 0 Å². The van der Waals surface area contributed by atoms with E-state index in [9.17, 15) is 4.79 Å². The average Bonchev–Trinajstić information content (AvgIpc) is 2.23. The van der Waals surface area contributed by atoms with Crippen molar-refractivity contribution in [1.82, 2.24) is 0 Å². The molecule has 2 heterocycles. The van der Waals surface area contributed by atoms with Crippen LogP contribution in [0.25, 0.3) is 0 Å². The number of aliphatic hydroxyl groups excluding tert-OH is 1. The molecule has 0 aliphatic carbocycles. The zero-order chi connectivity index (χ0) is 8.82. The zero-order valence-corrected chi connectivity index (χ0v) is 7.04. The molecule has 2 aliphatic heterocycles. The second kappa shape index (κ2) is 2.18. The number of aliphatic hydroxyl groups is 1. The Morgan fingerprint density at radius 2 is 2.33 bits per heavy atom. The van der Waals surface area contributed by atoms with Crippen LogP contribution in [0.1, 0.15) is 19.8 Å². The zero-order valence-electron chi connectivity index (χ0n) is 7.04. The summed E-state index contributed by atoms with van der Waals surface area (Å²) in [5.74, 6) is 0.169. The largest absolute Gasteiger partial charge is 0.393 e. The molecule has 2 atom stereocenters. The van der Waals surface area contributed by atoms with E-state index >= 15 is 0 Å². The minimum Gasteiger partial charge on any atom is -0.393 e. The number of ether oxygens (including phenoxy) is 1. The molecule has 0 spiro atoms. The highest BCUT2D eigenvalue weighted by Gasteiger charge is 2.48. The molecule has 2 bridgehead atoms. The van der Waals surface area contributed by atoms with Crippen LogP contribution in [-0.4, -0.2) is 28.7 Å². The molecule has 0 saturated carbocycles. The molecule has 0 amide bonds. The van der Waals surface area contributed by atoms with E-state index in [4.69, 9.17) is 9.84 Å². The molecule has 0 unspecified atom stereocenters. The van der Waals surface area contributed by atoms with Gasteiger partial charge in [-0.05, 0) is 6.92 Å². The Bertz CT molecular complexity index is 258. The third-order valence-corrected chi connectivity index (χ3v) is 2.49. The molecular weight excluding hydrogens is 156 g/mol. The lowest BCUT2D eigenvalue weighted by molar-refractivity contribution is -0.158. The molecule has 0 aromatic rings. The SMILES string of the molecule is C[C@@]12C=C[C@@](CO)(CC(=O)C1)O2. The van der Waals surface area contributed by atoms with Crippen molar-refractivity contribution in [1.29, 1.82) is 0 Å². The Hall–Kier alpha value is -0.670. The van der Waals surface area contributed by atoms with E-state index in [0.29, 0.717) is 12.8 Å². The van der Waals surface area contributed by atoms with Crippen LogP contribution in [0.3, 0.4) is 0 Å². The van der Waals surface area contributed by atoms with Crippen molar-refractivity contribution < 1.29 is 14.6 Å². The highest BCUT2D eigenvalue weighted by atomic mass is 16.5. The monoisotopic (exact) mass is 168 g/mol. The minimum absolute atomic E-state index is 0.106. The van der Waals surface area contributed by atoms with Crippen molar-refractivity contribution in [2.75, 3.05) is 6.61 Å². The number of ketones is 1. The Kier molecular flexibility index (Phi) is 1.44. The highest BCUT2D eigenvalue weighted by molar-refractivity contribution is 5.83. The van der Waals surface area contributed by atoms with Gasteiger partial charge in [0.15, 0.2) is 0 Å². The van der Waals surface area contributed by atoms with Crippen molar-refractivity contribution in [2.24, 2.45) is 0 Å². The molecule has 3 nitrogen and oxygen atoms in total. The predicted octanol–water partition coefficient (Wildman–Crippen LogP) is 0.425. The second-order valence-corrected chi connectivity index (χ2v) is 3.86. The van der Waals surface area contributed by atoms with Gasteiger partial charge in [0.2, 0.25) is 0 Å². The van der Waals surface area contributed by atoms with Gasteiger partial charge in [0.1, 0.15) is 11.4 Å². The predicted molar refractivity (Wildman–Crippen MR) is 42.7 cm³/mol. The van der Waals surface area contributed by atoms with Crippen LogP contribution >= 0.6 is 0 Å². The fourth-order valence-corrected chi connectivity index (χ4v) is 1.98. The summed E-state index contributed by atoms with van der Waals surface area (Å²) in [6.45, 7) is 1.77. The Labute approximate surface area is 71.0 Å². The Balaban J connectivity index is 2.32. The smallest absolute Gasteiger partial charge is 0.139 e. The third kappa shape index (κ3) is 1.01. The molecular formula is C9H12O3. The van der Waals surface area contributed by atoms with Gasteiger partial charge in [-0.2, -0.15) is 0 Å². The maximum Gasteiger partial charge on any atom is 0.139 e. The molecule has 0 radical (unpaired) electrons. The number of hydrogen-bond donors (Lipinski definition) is 1. The lowest BCUT2D eigenvalue weighted by atomic mass is 9.92. The quantitative estimate of drug-likeness (QED) is 0.577. The maximum absolute atomic E-state index is 11.3. The summed E-state index contributed by atoms with van der Waals surface area (Å²) in [7, 11) is 0. The summed E-state index contributed by atoms with van der Waals surface area (Å²) in [6.07, 6.45) is 4.45. The number of Topliss-reactive ketones (excluding diaryl/α,β-unsaturated/α-hetero) is 1. The normalized spacial score (nSPS) is 45.3. The number of carbonyl (C=O) groups is 1. The van der Waals surface area contributed by atoms with Crippen molar-refractivity contribution in [3.63, 3.8) is 0 Å². The van der Waals surface area contributed by atoms with Crippen LogP contribution in [0.2, 0.25) is 0 Å². The van der Waals surface area contributed by atoms with Crippen LogP contribution in [-0.2, 0) is 9.53 Å². The van der Waals surface area contributed by atoms with Gasteiger partial charge in [-0.3, -0.25) is 4.79 Å². The first-order chi connectivity index (χ1) is 5.58. The van der Waals surface area contributed by atoms with Crippen LogP contribution < -0.4 is 0 Å². The summed E-state index contributed by atoms with van der Waals surface area (Å²) >= 11 is 0. The summed E-state index contributed by atoms with van der Waals surface area (Å²) < 4.78 is 5.61. The van der Waals surface area contributed by atoms with Crippen LogP contribution in [0.15, 0.2) is 12.2 Å². The molecule has 2 aliphatic rings. The number of rotatable bonds is 1. The van der Waals surface area contributed by atoms with Gasteiger partial charge in [-0.1, -0.05) is 12.2 Å². The van der Waals surface area contributed by atoms with Crippen molar-refractivity contribution in [2.45, 2.75) is 31.0 Å². The van der Waals surface area contributed by atoms with E-state index in [1.165, 1.54) is 0 Å². The molecule has 1 fully saturated rings. The van der Waals surface area contributed by atoms with Gasteiger partial charge in [-0.15, -0.1) is 0 Å². The Morgan fingerprint density at radius 1 is 1.58 bits per heavy atom. The first-order valence-corrected chi connectivity index (χ1v) is 4.11. The topological polar surface area (TPSA) is 46.5 Å². The van der Waals surface area contributed by atoms with Crippen LogP contribution in [0, 0.1) is 0 Å². The molecule has 12 heavy (non-hydrogen) atoms. The van der Waals surface area contributed by atoms with Gasteiger partial charge < -0.3 is 9.84 Å². The standard InChI is InChI=1S/C9H12O3/c1-8-2-3-9(6-10,12-8)5-7(11)4-8/h2-3,10H,4-6H2,1H3/t8-,9+/m1/s1.